The third-order valence-electron chi connectivity index (χ3n) is 8.19. The Morgan fingerprint density at radius 1 is 0.905 bits per heavy atom. The van der Waals surface area contributed by atoms with Gasteiger partial charge in [0.25, 0.3) is 0 Å². The van der Waals surface area contributed by atoms with E-state index in [-0.39, 0.29) is 5.41 Å². The van der Waals surface area contributed by atoms with Gasteiger partial charge in [-0.15, -0.1) is 0 Å². The van der Waals surface area contributed by atoms with Gasteiger partial charge in [0.2, 0.25) is 0 Å². The molecule has 0 bridgehead atoms. The molecule has 2 heteroatoms. The van der Waals surface area contributed by atoms with Crippen LogP contribution in [-0.2, 0) is 9.59 Å². The summed E-state index contributed by atoms with van der Waals surface area (Å²) in [4.78, 5) is 24.2. The summed E-state index contributed by atoms with van der Waals surface area (Å²) in [5.74, 6) is 3.82. The Hall–Kier alpha value is -0.660. The number of rotatable bonds is 0. The second-order valence-electron chi connectivity index (χ2n) is 8.82. The summed E-state index contributed by atoms with van der Waals surface area (Å²) in [5.41, 5.74) is 0.374. The Labute approximate surface area is 128 Å². The second kappa shape index (κ2) is 4.43. The summed E-state index contributed by atoms with van der Waals surface area (Å²) in [7, 11) is 0. The molecule has 4 aliphatic rings. The highest BCUT2D eigenvalue weighted by molar-refractivity contribution is 5.87. The number of hydrogen-bond donors (Lipinski definition) is 0. The van der Waals surface area contributed by atoms with Gasteiger partial charge in [-0.3, -0.25) is 9.59 Å². The van der Waals surface area contributed by atoms with Gasteiger partial charge >= 0.3 is 0 Å². The fraction of sp³-hybridized carbons (Fsp3) is 0.895. The molecule has 0 aromatic carbocycles. The van der Waals surface area contributed by atoms with Gasteiger partial charge < -0.3 is 0 Å². The van der Waals surface area contributed by atoms with Crippen molar-refractivity contribution in [1.29, 1.82) is 0 Å². The van der Waals surface area contributed by atoms with Crippen molar-refractivity contribution < 1.29 is 9.59 Å². The lowest BCUT2D eigenvalue weighted by molar-refractivity contribution is -0.144. The molecule has 0 radical (unpaired) electrons. The highest BCUT2D eigenvalue weighted by Gasteiger charge is 2.60. The van der Waals surface area contributed by atoms with Gasteiger partial charge in [0.05, 0.1) is 0 Å². The lowest BCUT2D eigenvalue weighted by atomic mass is 9.45. The van der Waals surface area contributed by atoms with Gasteiger partial charge in [-0.25, -0.2) is 0 Å². The second-order valence-corrected chi connectivity index (χ2v) is 8.82. The molecule has 4 saturated carbocycles. The van der Waals surface area contributed by atoms with E-state index in [2.05, 4.69) is 13.8 Å². The van der Waals surface area contributed by atoms with Crippen LogP contribution in [0, 0.1) is 34.5 Å². The fourth-order valence-corrected chi connectivity index (χ4v) is 6.82. The molecule has 0 aromatic rings. The zero-order chi connectivity index (χ0) is 14.8. The molecule has 0 amide bonds. The molecule has 4 fully saturated rings. The molecule has 116 valence electrons. The van der Waals surface area contributed by atoms with E-state index in [1.807, 2.05) is 0 Å². The van der Waals surface area contributed by atoms with Crippen molar-refractivity contribution in [2.24, 2.45) is 34.5 Å². The standard InChI is InChI=1S/C19H28O2/c1-18-9-7-13(20)11-12(18)3-4-14-15-5-6-17(21)19(15,2)10-8-16(14)18/h12,14-16H,3-11H2,1-2H3/t12-,14-,15-,16+,18+,19+/m0/s1. The van der Waals surface area contributed by atoms with E-state index in [4.69, 9.17) is 0 Å². The van der Waals surface area contributed by atoms with E-state index in [0.29, 0.717) is 28.8 Å². The average Bonchev–Trinajstić information content (AvgIpc) is 2.76. The Balaban J connectivity index is 1.65. The zero-order valence-electron chi connectivity index (χ0n) is 13.5. The number of Topliss-reactive ketones (excluding diaryl/α,β-unsaturated/α-hetero) is 2. The lowest BCUT2D eigenvalue weighted by Crippen LogP contribution is -2.53. The first kappa shape index (κ1) is 14.0. The molecule has 0 N–H and O–H groups in total. The Kier molecular flexibility index (Phi) is 2.94. The average molecular weight is 288 g/mol. The van der Waals surface area contributed by atoms with Crippen molar-refractivity contribution in [3.8, 4) is 0 Å². The first-order valence-electron chi connectivity index (χ1n) is 9.00. The molecule has 0 spiro atoms. The van der Waals surface area contributed by atoms with Gasteiger partial charge in [-0.2, -0.15) is 0 Å². The SMILES string of the molecule is C[C@@]12CCC(=O)C[C@@H]1CC[C@@H]1[C@H]2CC[C@@]2(C)C(=O)CC[C@@H]12. The van der Waals surface area contributed by atoms with Crippen LogP contribution in [0.2, 0.25) is 0 Å². The number of carbonyl (C=O) groups is 2. The molecule has 4 rings (SSSR count). The van der Waals surface area contributed by atoms with Crippen molar-refractivity contribution in [3.05, 3.63) is 0 Å². The van der Waals surface area contributed by atoms with Crippen molar-refractivity contribution in [2.45, 2.75) is 71.6 Å². The van der Waals surface area contributed by atoms with E-state index in [1.165, 1.54) is 19.3 Å². The fourth-order valence-electron chi connectivity index (χ4n) is 6.82. The van der Waals surface area contributed by atoms with Gasteiger partial charge in [0.15, 0.2) is 0 Å². The molecule has 0 aromatic heterocycles. The Morgan fingerprint density at radius 2 is 1.71 bits per heavy atom. The van der Waals surface area contributed by atoms with Gasteiger partial charge in [0.1, 0.15) is 11.6 Å². The van der Waals surface area contributed by atoms with Crippen LogP contribution in [0.25, 0.3) is 0 Å². The van der Waals surface area contributed by atoms with Crippen molar-refractivity contribution in [1.82, 2.24) is 0 Å². The minimum atomic E-state index is -0.00511. The van der Waals surface area contributed by atoms with Gasteiger partial charge in [-0.05, 0) is 67.6 Å². The topological polar surface area (TPSA) is 34.1 Å². The van der Waals surface area contributed by atoms with E-state index in [9.17, 15) is 9.59 Å². The van der Waals surface area contributed by atoms with Crippen molar-refractivity contribution in [3.63, 3.8) is 0 Å². The predicted molar refractivity (Wildman–Crippen MR) is 81.7 cm³/mol. The van der Waals surface area contributed by atoms with Crippen molar-refractivity contribution in [2.75, 3.05) is 0 Å². The number of hydrogen-bond acceptors (Lipinski definition) is 2. The van der Waals surface area contributed by atoms with Crippen LogP contribution in [0.15, 0.2) is 0 Å². The first-order valence-corrected chi connectivity index (χ1v) is 9.00. The maximum absolute atomic E-state index is 12.4. The summed E-state index contributed by atoms with van der Waals surface area (Å²) in [6.45, 7) is 4.72. The summed E-state index contributed by atoms with van der Waals surface area (Å²) in [5, 5.41) is 0. The van der Waals surface area contributed by atoms with Crippen LogP contribution in [0.5, 0.6) is 0 Å². The van der Waals surface area contributed by atoms with Crippen LogP contribution >= 0.6 is 0 Å². The third kappa shape index (κ3) is 1.77. The monoisotopic (exact) mass is 288 g/mol. The van der Waals surface area contributed by atoms with Gasteiger partial charge in [-0.1, -0.05) is 13.8 Å². The molecule has 2 nitrogen and oxygen atoms in total. The van der Waals surface area contributed by atoms with Crippen LogP contribution in [0.3, 0.4) is 0 Å². The number of fused-ring (bicyclic) bond motifs is 5. The summed E-state index contributed by atoms with van der Waals surface area (Å²) < 4.78 is 0. The van der Waals surface area contributed by atoms with Crippen molar-refractivity contribution >= 4 is 11.6 Å². The molecular weight excluding hydrogens is 260 g/mol. The molecule has 0 heterocycles. The normalized spacial score (nSPS) is 53.0. The summed E-state index contributed by atoms with van der Waals surface area (Å²) in [6.07, 6.45) is 9.53. The van der Waals surface area contributed by atoms with Gasteiger partial charge in [0, 0.05) is 24.7 Å². The molecule has 0 saturated heterocycles. The van der Waals surface area contributed by atoms with Crippen LogP contribution in [0.1, 0.15) is 71.6 Å². The maximum atomic E-state index is 12.4. The molecule has 6 atom stereocenters. The van der Waals surface area contributed by atoms with Crippen LogP contribution in [0.4, 0.5) is 0 Å². The molecule has 0 aliphatic heterocycles. The van der Waals surface area contributed by atoms with E-state index < -0.39 is 0 Å². The molecular formula is C19H28O2. The highest BCUT2D eigenvalue weighted by Crippen LogP contribution is 2.65. The molecule has 4 aliphatic carbocycles. The minimum absolute atomic E-state index is 0.00511. The summed E-state index contributed by atoms with van der Waals surface area (Å²) in [6, 6.07) is 0. The lowest BCUT2D eigenvalue weighted by Gasteiger charge is -2.59. The van der Waals surface area contributed by atoms with E-state index >= 15 is 0 Å². The van der Waals surface area contributed by atoms with E-state index in [0.717, 1.165) is 50.4 Å². The third-order valence-corrected chi connectivity index (χ3v) is 8.19. The highest BCUT2D eigenvalue weighted by atomic mass is 16.1. The van der Waals surface area contributed by atoms with E-state index in [1.54, 1.807) is 0 Å². The number of carbonyl (C=O) groups excluding carboxylic acids is 2. The summed E-state index contributed by atoms with van der Waals surface area (Å²) >= 11 is 0. The predicted octanol–water partition coefficient (Wildman–Crippen LogP) is 4.17. The largest absolute Gasteiger partial charge is 0.300 e. The Morgan fingerprint density at radius 3 is 2.52 bits per heavy atom. The first-order chi connectivity index (χ1) is 9.95. The smallest absolute Gasteiger partial charge is 0.139 e. The maximum Gasteiger partial charge on any atom is 0.139 e. The minimum Gasteiger partial charge on any atom is -0.300 e. The van der Waals surface area contributed by atoms with Crippen LogP contribution in [-0.4, -0.2) is 11.6 Å². The Bertz CT molecular complexity index is 496. The van der Waals surface area contributed by atoms with Crippen LogP contribution < -0.4 is 0 Å². The number of ketones is 2. The quantitative estimate of drug-likeness (QED) is 0.670. The zero-order valence-corrected chi connectivity index (χ0v) is 13.5. The molecule has 0 unspecified atom stereocenters. The molecule has 21 heavy (non-hydrogen) atoms.